The molecule has 2 fully saturated rings. The van der Waals surface area contributed by atoms with Crippen LogP contribution in [0.25, 0.3) is 0 Å². The molecule has 0 spiro atoms. The van der Waals surface area contributed by atoms with Crippen molar-refractivity contribution in [2.75, 3.05) is 19.7 Å². The van der Waals surface area contributed by atoms with Crippen molar-refractivity contribution in [1.82, 2.24) is 10.6 Å². The standard InChI is InChI=1S/C26H50F2N2O/c1-3-5-7-9-10-11-13-15-21-19-29-26(30-20-21)22-16-17-23(25(28)24(22)27)31-18-14-12-8-6-4-2/h21-26,29-30H,3-20H2,1-2H3. The minimum atomic E-state index is -1.50. The van der Waals surface area contributed by atoms with Crippen molar-refractivity contribution in [3.05, 3.63) is 0 Å². The number of rotatable bonds is 16. The Kier molecular flexibility index (Phi) is 14.2. The summed E-state index contributed by atoms with van der Waals surface area (Å²) in [5, 5.41) is 6.97. The van der Waals surface area contributed by atoms with Crippen molar-refractivity contribution in [2.24, 2.45) is 11.8 Å². The first kappa shape index (κ1) is 27.0. The molecule has 0 aromatic carbocycles. The first-order chi connectivity index (χ1) is 15.2. The van der Waals surface area contributed by atoms with E-state index < -0.39 is 18.4 Å². The van der Waals surface area contributed by atoms with Crippen LogP contribution < -0.4 is 10.6 Å². The molecule has 0 radical (unpaired) electrons. The van der Waals surface area contributed by atoms with Crippen LogP contribution in [0.5, 0.6) is 0 Å². The van der Waals surface area contributed by atoms with E-state index in [0.717, 1.165) is 25.9 Å². The number of nitrogens with one attached hydrogen (secondary N) is 2. The van der Waals surface area contributed by atoms with Crippen LogP contribution in [0.1, 0.15) is 110 Å². The van der Waals surface area contributed by atoms with E-state index in [0.29, 0.717) is 25.4 Å². The predicted molar refractivity (Wildman–Crippen MR) is 127 cm³/mol. The van der Waals surface area contributed by atoms with Gasteiger partial charge < -0.3 is 15.4 Å². The minimum Gasteiger partial charge on any atom is -0.375 e. The molecule has 31 heavy (non-hydrogen) atoms. The normalized spacial score (nSPS) is 31.7. The third-order valence-corrected chi connectivity index (χ3v) is 7.33. The van der Waals surface area contributed by atoms with Crippen molar-refractivity contribution in [3.8, 4) is 0 Å². The average Bonchev–Trinajstić information content (AvgIpc) is 2.79. The highest BCUT2D eigenvalue weighted by Crippen LogP contribution is 2.34. The number of alkyl halides is 2. The number of unbranched alkanes of at least 4 members (excludes halogenated alkanes) is 10. The lowest BCUT2D eigenvalue weighted by atomic mass is 9.81. The summed E-state index contributed by atoms with van der Waals surface area (Å²) < 4.78 is 35.3. The molecule has 3 nitrogen and oxygen atoms in total. The van der Waals surface area contributed by atoms with Gasteiger partial charge in [0.25, 0.3) is 0 Å². The molecule has 1 saturated heterocycles. The summed E-state index contributed by atoms with van der Waals surface area (Å²) in [7, 11) is 0. The largest absolute Gasteiger partial charge is 0.375 e. The van der Waals surface area contributed by atoms with Crippen molar-refractivity contribution < 1.29 is 13.5 Å². The lowest BCUT2D eigenvalue weighted by molar-refractivity contribution is -0.0840. The highest BCUT2D eigenvalue weighted by Gasteiger charge is 2.44. The summed E-state index contributed by atoms with van der Waals surface area (Å²) in [6.45, 7) is 6.85. The maximum atomic E-state index is 14.9. The van der Waals surface area contributed by atoms with E-state index in [2.05, 4.69) is 24.5 Å². The fraction of sp³-hybridized carbons (Fsp3) is 1.00. The smallest absolute Gasteiger partial charge is 0.157 e. The van der Waals surface area contributed by atoms with Crippen LogP contribution in [0.15, 0.2) is 0 Å². The lowest BCUT2D eigenvalue weighted by Gasteiger charge is -2.42. The number of halogens is 2. The Labute approximate surface area is 190 Å². The Morgan fingerprint density at radius 1 is 0.710 bits per heavy atom. The molecule has 184 valence electrons. The van der Waals surface area contributed by atoms with Crippen LogP contribution >= 0.6 is 0 Å². The molecule has 4 unspecified atom stereocenters. The highest BCUT2D eigenvalue weighted by atomic mass is 19.2. The maximum absolute atomic E-state index is 14.9. The second-order valence-electron chi connectivity index (χ2n) is 10.0. The maximum Gasteiger partial charge on any atom is 0.157 e. The van der Waals surface area contributed by atoms with Gasteiger partial charge in [-0.3, -0.25) is 0 Å². The van der Waals surface area contributed by atoms with Gasteiger partial charge in [0.15, 0.2) is 6.17 Å². The molecule has 1 saturated carbocycles. The van der Waals surface area contributed by atoms with Crippen LogP contribution in [-0.2, 0) is 4.74 Å². The van der Waals surface area contributed by atoms with Gasteiger partial charge in [0, 0.05) is 25.6 Å². The molecule has 1 aliphatic carbocycles. The summed E-state index contributed by atoms with van der Waals surface area (Å²) in [5.41, 5.74) is 0. The second kappa shape index (κ2) is 16.4. The monoisotopic (exact) mass is 444 g/mol. The van der Waals surface area contributed by atoms with Crippen molar-refractivity contribution in [2.45, 2.75) is 135 Å². The van der Waals surface area contributed by atoms with E-state index >= 15 is 0 Å². The number of hydrogen-bond acceptors (Lipinski definition) is 3. The zero-order valence-electron chi connectivity index (χ0n) is 20.4. The van der Waals surface area contributed by atoms with Gasteiger partial charge in [-0.1, -0.05) is 84.5 Å². The molecule has 4 atom stereocenters. The van der Waals surface area contributed by atoms with Crippen molar-refractivity contribution >= 4 is 0 Å². The van der Waals surface area contributed by atoms with Crippen LogP contribution in [0.3, 0.4) is 0 Å². The molecule has 2 N–H and O–H groups in total. The van der Waals surface area contributed by atoms with E-state index in [1.807, 2.05) is 0 Å². The Hall–Kier alpha value is -0.260. The molecule has 0 aromatic heterocycles. The SMILES string of the molecule is CCCCCCCCCC1CNC(C2CCC(OCCCCCCC)C(F)C2F)NC1. The first-order valence-corrected chi connectivity index (χ1v) is 13.5. The number of ether oxygens (including phenoxy) is 1. The second-order valence-corrected chi connectivity index (χ2v) is 10.0. The predicted octanol–water partition coefficient (Wildman–Crippen LogP) is 6.70. The highest BCUT2D eigenvalue weighted by molar-refractivity contribution is 4.95. The molecule has 0 aromatic rings. The lowest BCUT2D eigenvalue weighted by Crippen LogP contribution is -2.60. The fourth-order valence-corrected chi connectivity index (χ4v) is 5.21. The van der Waals surface area contributed by atoms with Crippen LogP contribution in [-0.4, -0.2) is 44.3 Å². The Morgan fingerprint density at radius 3 is 1.94 bits per heavy atom. The van der Waals surface area contributed by atoms with Crippen LogP contribution in [0.2, 0.25) is 0 Å². The average molecular weight is 445 g/mol. The van der Waals surface area contributed by atoms with Gasteiger partial charge in [-0.15, -0.1) is 0 Å². The molecule has 0 amide bonds. The van der Waals surface area contributed by atoms with Crippen LogP contribution in [0.4, 0.5) is 8.78 Å². The minimum absolute atomic E-state index is 0.103. The molecule has 1 aliphatic heterocycles. The summed E-state index contributed by atoms with van der Waals surface area (Å²) >= 11 is 0. The Balaban J connectivity index is 1.58. The number of hydrogen-bond donors (Lipinski definition) is 2. The van der Waals surface area contributed by atoms with E-state index in [4.69, 9.17) is 4.74 Å². The molecule has 1 heterocycles. The fourth-order valence-electron chi connectivity index (χ4n) is 5.21. The summed E-state index contributed by atoms with van der Waals surface area (Å²) in [4.78, 5) is 0. The Bertz CT molecular complexity index is 432. The van der Waals surface area contributed by atoms with Gasteiger partial charge in [-0.05, 0) is 31.6 Å². The van der Waals surface area contributed by atoms with Crippen LogP contribution in [0, 0.1) is 11.8 Å². The van der Waals surface area contributed by atoms with Gasteiger partial charge in [0.1, 0.15) is 6.17 Å². The van der Waals surface area contributed by atoms with Crippen molar-refractivity contribution in [1.29, 1.82) is 0 Å². The summed E-state index contributed by atoms with van der Waals surface area (Å²) in [6, 6.07) is 0. The molecule has 2 rings (SSSR count). The van der Waals surface area contributed by atoms with E-state index in [1.54, 1.807) is 0 Å². The topological polar surface area (TPSA) is 33.3 Å². The van der Waals surface area contributed by atoms with Gasteiger partial charge in [-0.2, -0.15) is 0 Å². The first-order valence-electron chi connectivity index (χ1n) is 13.5. The van der Waals surface area contributed by atoms with E-state index in [1.165, 1.54) is 70.6 Å². The molecular formula is C26H50F2N2O. The molecule has 2 aliphatic rings. The van der Waals surface area contributed by atoms with E-state index in [-0.39, 0.29) is 12.1 Å². The zero-order valence-corrected chi connectivity index (χ0v) is 20.4. The van der Waals surface area contributed by atoms with Gasteiger partial charge in [0.05, 0.1) is 12.3 Å². The van der Waals surface area contributed by atoms with E-state index in [9.17, 15) is 8.78 Å². The quantitative estimate of drug-likeness (QED) is 0.260. The van der Waals surface area contributed by atoms with Crippen molar-refractivity contribution in [3.63, 3.8) is 0 Å². The summed E-state index contributed by atoms with van der Waals surface area (Å²) in [5.74, 6) is 0.317. The van der Waals surface area contributed by atoms with Gasteiger partial charge in [0.2, 0.25) is 0 Å². The van der Waals surface area contributed by atoms with Gasteiger partial charge >= 0.3 is 0 Å². The van der Waals surface area contributed by atoms with Gasteiger partial charge in [-0.25, -0.2) is 8.78 Å². The summed E-state index contributed by atoms with van der Waals surface area (Å²) in [6.07, 6.45) is 14.0. The zero-order chi connectivity index (χ0) is 22.3. The molecular weight excluding hydrogens is 394 g/mol. The molecule has 5 heteroatoms. The third-order valence-electron chi connectivity index (χ3n) is 7.33. The molecule has 0 bridgehead atoms. The third kappa shape index (κ3) is 10.0. The Morgan fingerprint density at radius 2 is 1.29 bits per heavy atom.